The molecule has 0 radical (unpaired) electrons. The minimum absolute atomic E-state index is 0. The third-order valence-corrected chi connectivity index (χ3v) is 5.25. The van der Waals surface area contributed by atoms with Crippen LogP contribution in [0.2, 0.25) is 0 Å². The number of anilines is 1. The van der Waals surface area contributed by atoms with Gasteiger partial charge in [0.25, 0.3) is 0 Å². The van der Waals surface area contributed by atoms with Crippen LogP contribution in [0.15, 0.2) is 47.5 Å². The van der Waals surface area contributed by atoms with E-state index < -0.39 is 0 Å². The predicted octanol–water partition coefficient (Wildman–Crippen LogP) is 3.46. The second-order valence-electron chi connectivity index (χ2n) is 7.29. The summed E-state index contributed by atoms with van der Waals surface area (Å²) in [4.78, 5) is 7.20. The first kappa shape index (κ1) is 26.1. The van der Waals surface area contributed by atoms with E-state index in [4.69, 9.17) is 19.2 Å². The molecule has 0 bridgehead atoms. The number of benzene rings is 2. The van der Waals surface area contributed by atoms with Gasteiger partial charge in [-0.15, -0.1) is 24.0 Å². The number of hydrogen-bond donors (Lipinski definition) is 2. The lowest BCUT2D eigenvalue weighted by atomic mass is 10.1. The number of ether oxygens (including phenoxy) is 3. The molecule has 0 aliphatic carbocycles. The second kappa shape index (κ2) is 14.1. The molecule has 0 amide bonds. The highest BCUT2D eigenvalue weighted by atomic mass is 127. The predicted molar refractivity (Wildman–Crippen MR) is 141 cm³/mol. The van der Waals surface area contributed by atoms with E-state index in [0.717, 1.165) is 63.3 Å². The third-order valence-electron chi connectivity index (χ3n) is 5.25. The van der Waals surface area contributed by atoms with Crippen LogP contribution in [0.1, 0.15) is 18.1 Å². The van der Waals surface area contributed by atoms with E-state index in [-0.39, 0.29) is 24.0 Å². The Morgan fingerprint density at radius 1 is 1.03 bits per heavy atom. The lowest BCUT2D eigenvalue weighted by Crippen LogP contribution is -2.38. The summed E-state index contributed by atoms with van der Waals surface area (Å²) >= 11 is 0. The lowest BCUT2D eigenvalue weighted by Gasteiger charge is -2.30. The minimum Gasteiger partial charge on any atom is -0.493 e. The van der Waals surface area contributed by atoms with Gasteiger partial charge in [-0.3, -0.25) is 0 Å². The fourth-order valence-electron chi connectivity index (χ4n) is 3.62. The number of para-hydroxylation sites is 1. The molecule has 8 heteroatoms. The monoisotopic (exact) mass is 554 g/mol. The fraction of sp³-hybridized carbons (Fsp3) is 0.458. The largest absolute Gasteiger partial charge is 0.493 e. The third kappa shape index (κ3) is 7.44. The first-order chi connectivity index (χ1) is 15.2. The molecule has 3 rings (SSSR count). The molecule has 2 N–H and O–H groups in total. The zero-order valence-electron chi connectivity index (χ0n) is 19.2. The molecular formula is C24H35IN4O3. The van der Waals surface area contributed by atoms with Crippen LogP contribution >= 0.6 is 24.0 Å². The van der Waals surface area contributed by atoms with Crippen LogP contribution in [0.25, 0.3) is 0 Å². The van der Waals surface area contributed by atoms with Crippen LogP contribution in [-0.4, -0.2) is 59.6 Å². The number of methoxy groups -OCH3 is 2. The summed E-state index contributed by atoms with van der Waals surface area (Å²) in [6.07, 6.45) is 0.856. The molecule has 2 aromatic rings. The highest BCUT2D eigenvalue weighted by molar-refractivity contribution is 14.0. The van der Waals surface area contributed by atoms with Crippen LogP contribution in [-0.2, 0) is 17.7 Å². The number of halogens is 1. The standard InChI is InChI=1S/C24H34N4O3.HI/c1-4-25-24(26-12-11-19-9-10-22(29-2)23(17-19)30-3)27-18-20-7-5-6-8-21(20)28-13-15-31-16-14-28;/h5-10,17H,4,11-16,18H2,1-3H3,(H2,25,26,27);1H. The molecule has 0 unspecified atom stereocenters. The van der Waals surface area contributed by atoms with E-state index in [1.54, 1.807) is 14.2 Å². The molecule has 32 heavy (non-hydrogen) atoms. The molecule has 0 spiro atoms. The van der Waals surface area contributed by atoms with Crippen LogP contribution < -0.4 is 25.0 Å². The van der Waals surface area contributed by atoms with E-state index in [1.165, 1.54) is 16.8 Å². The van der Waals surface area contributed by atoms with Crippen molar-refractivity contribution in [3.63, 3.8) is 0 Å². The topological polar surface area (TPSA) is 67.4 Å². The first-order valence-corrected chi connectivity index (χ1v) is 10.9. The van der Waals surface area contributed by atoms with Crippen molar-refractivity contribution < 1.29 is 14.2 Å². The number of guanidine groups is 1. The SMILES string of the molecule is CCNC(=NCc1ccccc1N1CCOCC1)NCCc1ccc(OC)c(OC)c1.I. The average Bonchev–Trinajstić information content (AvgIpc) is 2.83. The molecule has 1 aliphatic heterocycles. The fourth-order valence-corrected chi connectivity index (χ4v) is 3.62. The van der Waals surface area contributed by atoms with Gasteiger partial charge in [-0.25, -0.2) is 4.99 Å². The highest BCUT2D eigenvalue weighted by Gasteiger charge is 2.14. The summed E-state index contributed by atoms with van der Waals surface area (Å²) in [5.41, 5.74) is 3.65. The second-order valence-corrected chi connectivity index (χ2v) is 7.29. The van der Waals surface area contributed by atoms with Crippen molar-refractivity contribution in [2.75, 3.05) is 58.5 Å². The van der Waals surface area contributed by atoms with Crippen LogP contribution in [0.3, 0.4) is 0 Å². The molecule has 1 heterocycles. The van der Waals surface area contributed by atoms with Crippen molar-refractivity contribution >= 4 is 35.6 Å². The Morgan fingerprint density at radius 2 is 1.78 bits per heavy atom. The number of nitrogens with zero attached hydrogens (tertiary/aromatic N) is 2. The Kier molecular flexibility index (Phi) is 11.4. The van der Waals surface area contributed by atoms with Gasteiger partial charge in [-0.2, -0.15) is 0 Å². The number of rotatable bonds is 9. The summed E-state index contributed by atoms with van der Waals surface area (Å²) in [6.45, 7) is 7.68. The minimum atomic E-state index is 0. The Hall–Kier alpha value is -2.20. The lowest BCUT2D eigenvalue weighted by molar-refractivity contribution is 0.122. The van der Waals surface area contributed by atoms with Crippen molar-refractivity contribution in [3.05, 3.63) is 53.6 Å². The van der Waals surface area contributed by atoms with Gasteiger partial charge in [0.05, 0.1) is 34.0 Å². The van der Waals surface area contributed by atoms with Crippen molar-refractivity contribution in [1.29, 1.82) is 0 Å². The Bertz CT molecular complexity index is 857. The van der Waals surface area contributed by atoms with Gasteiger partial charge >= 0.3 is 0 Å². The Labute approximate surface area is 208 Å². The van der Waals surface area contributed by atoms with Gasteiger partial charge in [0.2, 0.25) is 0 Å². The van der Waals surface area contributed by atoms with E-state index >= 15 is 0 Å². The summed E-state index contributed by atoms with van der Waals surface area (Å²) < 4.78 is 16.2. The molecular weight excluding hydrogens is 519 g/mol. The number of morpholine rings is 1. The van der Waals surface area contributed by atoms with Gasteiger partial charge in [-0.1, -0.05) is 24.3 Å². The maximum atomic E-state index is 5.50. The zero-order valence-corrected chi connectivity index (χ0v) is 21.6. The van der Waals surface area contributed by atoms with Crippen molar-refractivity contribution in [2.24, 2.45) is 4.99 Å². The molecule has 2 aromatic carbocycles. The Balaban J connectivity index is 0.00000363. The molecule has 0 aromatic heterocycles. The smallest absolute Gasteiger partial charge is 0.191 e. The molecule has 7 nitrogen and oxygen atoms in total. The van der Waals surface area contributed by atoms with Crippen LogP contribution in [0.5, 0.6) is 11.5 Å². The number of hydrogen-bond acceptors (Lipinski definition) is 5. The van der Waals surface area contributed by atoms with Gasteiger partial charge in [0, 0.05) is 31.9 Å². The maximum absolute atomic E-state index is 5.50. The summed E-state index contributed by atoms with van der Waals surface area (Å²) in [5.74, 6) is 2.31. The summed E-state index contributed by atoms with van der Waals surface area (Å²) in [6, 6.07) is 14.5. The normalized spacial score (nSPS) is 13.8. The van der Waals surface area contributed by atoms with Gasteiger partial charge in [-0.05, 0) is 42.7 Å². The van der Waals surface area contributed by atoms with Gasteiger partial charge in [0.1, 0.15) is 0 Å². The quantitative estimate of drug-likeness (QED) is 0.281. The van der Waals surface area contributed by atoms with E-state index in [2.05, 4.69) is 52.8 Å². The molecule has 0 atom stereocenters. The Morgan fingerprint density at radius 3 is 2.50 bits per heavy atom. The molecule has 1 aliphatic rings. The number of nitrogens with one attached hydrogen (secondary N) is 2. The van der Waals surface area contributed by atoms with E-state index in [9.17, 15) is 0 Å². The zero-order chi connectivity index (χ0) is 21.9. The van der Waals surface area contributed by atoms with Crippen molar-refractivity contribution in [2.45, 2.75) is 19.9 Å². The summed E-state index contributed by atoms with van der Waals surface area (Å²) in [5, 5.41) is 6.78. The van der Waals surface area contributed by atoms with E-state index in [1.807, 2.05) is 12.1 Å². The van der Waals surface area contributed by atoms with Crippen molar-refractivity contribution in [3.8, 4) is 11.5 Å². The van der Waals surface area contributed by atoms with Crippen LogP contribution in [0.4, 0.5) is 5.69 Å². The maximum Gasteiger partial charge on any atom is 0.191 e. The first-order valence-electron chi connectivity index (χ1n) is 10.9. The molecule has 176 valence electrons. The number of aliphatic imine (C=N–C) groups is 1. The van der Waals surface area contributed by atoms with Crippen molar-refractivity contribution in [1.82, 2.24) is 10.6 Å². The summed E-state index contributed by atoms with van der Waals surface area (Å²) in [7, 11) is 3.31. The van der Waals surface area contributed by atoms with E-state index in [0.29, 0.717) is 6.54 Å². The molecule has 0 saturated carbocycles. The van der Waals surface area contributed by atoms with Gasteiger partial charge in [0.15, 0.2) is 17.5 Å². The van der Waals surface area contributed by atoms with Gasteiger partial charge < -0.3 is 29.7 Å². The molecule has 1 fully saturated rings. The highest BCUT2D eigenvalue weighted by Crippen LogP contribution is 2.27. The average molecular weight is 554 g/mol. The van der Waals surface area contributed by atoms with Crippen LogP contribution in [0, 0.1) is 0 Å². The molecule has 1 saturated heterocycles.